The van der Waals surface area contributed by atoms with Crippen molar-refractivity contribution in [2.45, 2.75) is 40.0 Å². The molecule has 0 spiro atoms. The minimum atomic E-state index is 0.152. The van der Waals surface area contributed by atoms with Crippen LogP contribution in [-0.4, -0.2) is 32.1 Å². The Labute approximate surface area is 169 Å². The van der Waals surface area contributed by atoms with Crippen LogP contribution >= 0.6 is 0 Å². The lowest BCUT2D eigenvalue weighted by Crippen LogP contribution is -2.32. The predicted molar refractivity (Wildman–Crippen MR) is 119 cm³/mol. The summed E-state index contributed by atoms with van der Waals surface area (Å²) < 4.78 is 0. The van der Waals surface area contributed by atoms with Crippen LogP contribution in [0.15, 0.2) is 48.5 Å². The Hall–Kier alpha value is -2.49. The topological polar surface area (TPSA) is 35.6 Å². The second-order valence-corrected chi connectivity index (χ2v) is 7.87. The first-order valence-electron chi connectivity index (χ1n) is 10.5. The number of piperidine rings is 1. The summed E-state index contributed by atoms with van der Waals surface area (Å²) in [6.07, 6.45) is 3.03. The van der Waals surface area contributed by atoms with Crippen molar-refractivity contribution in [3.05, 3.63) is 54.1 Å². The van der Waals surface area contributed by atoms with E-state index in [2.05, 4.69) is 60.5 Å². The van der Waals surface area contributed by atoms with E-state index in [0.29, 0.717) is 19.5 Å². The number of rotatable bonds is 7. The van der Waals surface area contributed by atoms with Gasteiger partial charge >= 0.3 is 0 Å². The summed E-state index contributed by atoms with van der Waals surface area (Å²) in [7, 11) is 0. The smallest absolute Gasteiger partial charge is 0.228 e. The highest BCUT2D eigenvalue weighted by molar-refractivity contribution is 5.93. The molecule has 1 heterocycles. The van der Waals surface area contributed by atoms with Crippen molar-refractivity contribution >= 4 is 23.0 Å². The van der Waals surface area contributed by atoms with Gasteiger partial charge in [0.05, 0.1) is 0 Å². The molecular weight excluding hydrogens is 346 g/mol. The number of carbonyl (C=O) groups is 1. The van der Waals surface area contributed by atoms with E-state index in [1.54, 1.807) is 0 Å². The average Bonchev–Trinajstić information content (AvgIpc) is 2.70. The third-order valence-electron chi connectivity index (χ3n) is 5.61. The highest BCUT2D eigenvalue weighted by Gasteiger charge is 2.16. The maximum Gasteiger partial charge on any atom is 0.228 e. The summed E-state index contributed by atoms with van der Waals surface area (Å²) in [6.45, 7) is 10.0. The third-order valence-corrected chi connectivity index (χ3v) is 5.61. The standard InChI is InChI=1S/C24H33N3O/c1-4-27(23-7-5-6-20(3)18-23)24(28)12-15-25-21-8-10-22(11-9-21)26-16-13-19(2)14-17-26/h5-11,18-19,25H,4,12-17H2,1-3H3. The molecule has 2 aromatic rings. The van der Waals surface area contributed by atoms with E-state index in [-0.39, 0.29) is 5.91 Å². The van der Waals surface area contributed by atoms with Gasteiger partial charge in [-0.3, -0.25) is 4.79 Å². The van der Waals surface area contributed by atoms with Gasteiger partial charge in [0.2, 0.25) is 5.91 Å². The van der Waals surface area contributed by atoms with Gasteiger partial charge in [-0.05, 0) is 74.6 Å². The monoisotopic (exact) mass is 379 g/mol. The number of hydrogen-bond acceptors (Lipinski definition) is 3. The van der Waals surface area contributed by atoms with Gasteiger partial charge in [-0.2, -0.15) is 0 Å². The number of anilines is 3. The van der Waals surface area contributed by atoms with Crippen LogP contribution in [0.1, 0.15) is 38.7 Å². The molecule has 1 aliphatic heterocycles. The van der Waals surface area contributed by atoms with Gasteiger partial charge in [-0.15, -0.1) is 0 Å². The normalized spacial score (nSPS) is 14.8. The summed E-state index contributed by atoms with van der Waals surface area (Å²) in [5.41, 5.74) is 4.52. The minimum Gasteiger partial charge on any atom is -0.385 e. The molecule has 1 fully saturated rings. The lowest BCUT2D eigenvalue weighted by atomic mass is 9.99. The fourth-order valence-corrected chi connectivity index (χ4v) is 3.80. The predicted octanol–water partition coefficient (Wildman–Crippen LogP) is 5.09. The van der Waals surface area contributed by atoms with Gasteiger partial charge in [0.25, 0.3) is 0 Å². The van der Waals surface area contributed by atoms with Crippen molar-refractivity contribution in [1.29, 1.82) is 0 Å². The van der Waals surface area contributed by atoms with Crippen LogP contribution in [0, 0.1) is 12.8 Å². The number of nitrogens with zero attached hydrogens (tertiary/aromatic N) is 2. The molecule has 1 amide bonds. The van der Waals surface area contributed by atoms with Crippen LogP contribution in [0.5, 0.6) is 0 Å². The van der Waals surface area contributed by atoms with Gasteiger partial charge in [-0.1, -0.05) is 19.1 Å². The van der Waals surface area contributed by atoms with Crippen LogP contribution in [0.2, 0.25) is 0 Å². The summed E-state index contributed by atoms with van der Waals surface area (Å²) in [5.74, 6) is 0.997. The number of benzene rings is 2. The average molecular weight is 380 g/mol. The van der Waals surface area contributed by atoms with E-state index < -0.39 is 0 Å². The Bertz CT molecular complexity index is 764. The lowest BCUT2D eigenvalue weighted by molar-refractivity contribution is -0.118. The van der Waals surface area contributed by atoms with Crippen molar-refractivity contribution in [3.8, 4) is 0 Å². The molecule has 28 heavy (non-hydrogen) atoms. The number of aryl methyl sites for hydroxylation is 1. The number of amides is 1. The van der Waals surface area contributed by atoms with Crippen molar-refractivity contribution in [1.82, 2.24) is 0 Å². The lowest BCUT2D eigenvalue weighted by Gasteiger charge is -2.32. The Balaban J connectivity index is 1.49. The molecule has 150 valence electrons. The highest BCUT2D eigenvalue weighted by Crippen LogP contribution is 2.24. The molecule has 0 radical (unpaired) electrons. The third kappa shape index (κ3) is 5.28. The van der Waals surface area contributed by atoms with Crippen LogP contribution in [-0.2, 0) is 4.79 Å². The first-order chi connectivity index (χ1) is 13.6. The zero-order valence-electron chi connectivity index (χ0n) is 17.4. The summed E-state index contributed by atoms with van der Waals surface area (Å²) in [6, 6.07) is 16.7. The molecule has 0 unspecified atom stereocenters. The van der Waals surface area contributed by atoms with Gasteiger partial charge in [-0.25, -0.2) is 0 Å². The molecule has 4 heteroatoms. The molecule has 1 aliphatic rings. The van der Waals surface area contributed by atoms with E-state index in [1.807, 2.05) is 24.0 Å². The van der Waals surface area contributed by atoms with Crippen molar-refractivity contribution in [3.63, 3.8) is 0 Å². The fraction of sp³-hybridized carbons (Fsp3) is 0.458. The van der Waals surface area contributed by atoms with Crippen LogP contribution in [0.25, 0.3) is 0 Å². The largest absolute Gasteiger partial charge is 0.385 e. The van der Waals surface area contributed by atoms with Crippen molar-refractivity contribution < 1.29 is 4.79 Å². The fourth-order valence-electron chi connectivity index (χ4n) is 3.80. The maximum atomic E-state index is 12.6. The van der Waals surface area contributed by atoms with Gasteiger partial charge in [0.1, 0.15) is 0 Å². The molecule has 1 saturated heterocycles. The summed E-state index contributed by atoms with van der Waals surface area (Å²) in [5, 5.41) is 3.39. The molecule has 0 aromatic heterocycles. The van der Waals surface area contributed by atoms with Crippen LogP contribution in [0.3, 0.4) is 0 Å². The van der Waals surface area contributed by atoms with E-state index in [9.17, 15) is 4.79 Å². The number of nitrogens with one attached hydrogen (secondary N) is 1. The Morgan fingerprint density at radius 1 is 1.14 bits per heavy atom. The maximum absolute atomic E-state index is 12.6. The molecule has 0 atom stereocenters. The molecule has 3 rings (SSSR count). The second kappa shape index (κ2) is 9.63. The van der Waals surface area contributed by atoms with Gasteiger partial charge in [0.15, 0.2) is 0 Å². The van der Waals surface area contributed by atoms with E-state index in [0.717, 1.165) is 30.4 Å². The van der Waals surface area contributed by atoms with E-state index in [1.165, 1.54) is 24.1 Å². The van der Waals surface area contributed by atoms with Gasteiger partial charge in [0, 0.05) is 49.7 Å². The molecule has 4 nitrogen and oxygen atoms in total. The SMILES string of the molecule is CCN(C(=O)CCNc1ccc(N2CCC(C)CC2)cc1)c1cccc(C)c1. The first kappa shape index (κ1) is 20.2. The van der Waals surface area contributed by atoms with Crippen molar-refractivity contribution in [2.75, 3.05) is 41.3 Å². The molecule has 0 bridgehead atoms. The quantitative estimate of drug-likeness (QED) is 0.728. The van der Waals surface area contributed by atoms with Crippen molar-refractivity contribution in [2.24, 2.45) is 5.92 Å². The Morgan fingerprint density at radius 3 is 2.50 bits per heavy atom. The molecule has 0 saturated carbocycles. The highest BCUT2D eigenvalue weighted by atomic mass is 16.2. The first-order valence-corrected chi connectivity index (χ1v) is 10.5. The molecular formula is C24H33N3O. The minimum absolute atomic E-state index is 0.152. The summed E-state index contributed by atoms with van der Waals surface area (Å²) >= 11 is 0. The van der Waals surface area contributed by atoms with E-state index in [4.69, 9.17) is 0 Å². The zero-order valence-corrected chi connectivity index (χ0v) is 17.4. The molecule has 2 aromatic carbocycles. The number of hydrogen-bond donors (Lipinski definition) is 1. The molecule has 0 aliphatic carbocycles. The van der Waals surface area contributed by atoms with Crippen LogP contribution in [0.4, 0.5) is 17.1 Å². The second-order valence-electron chi connectivity index (χ2n) is 7.87. The van der Waals surface area contributed by atoms with Gasteiger partial charge < -0.3 is 15.1 Å². The zero-order chi connectivity index (χ0) is 19.9. The Kier molecular flexibility index (Phi) is 6.96. The van der Waals surface area contributed by atoms with Crippen LogP contribution < -0.4 is 15.1 Å². The summed E-state index contributed by atoms with van der Waals surface area (Å²) in [4.78, 5) is 17.0. The number of carbonyl (C=O) groups excluding carboxylic acids is 1. The van der Waals surface area contributed by atoms with E-state index >= 15 is 0 Å². The Morgan fingerprint density at radius 2 is 1.86 bits per heavy atom. The molecule has 1 N–H and O–H groups in total.